The fraction of sp³-hybridized carbons (Fsp3) is 0.316. The van der Waals surface area contributed by atoms with Crippen LogP contribution in [0.2, 0.25) is 0 Å². The summed E-state index contributed by atoms with van der Waals surface area (Å²) in [6.07, 6.45) is -0.568. The summed E-state index contributed by atoms with van der Waals surface area (Å²) in [5, 5.41) is 2.74. The third-order valence-corrected chi connectivity index (χ3v) is 5.61. The Morgan fingerprint density at radius 3 is 2.31 bits per heavy atom. The van der Waals surface area contributed by atoms with Gasteiger partial charge in [-0.1, -0.05) is 49.4 Å². The second-order valence-electron chi connectivity index (χ2n) is 5.69. The number of alkyl carbamates (subject to hydrolysis) is 1. The molecule has 0 fully saturated rings. The van der Waals surface area contributed by atoms with E-state index in [-0.39, 0.29) is 23.9 Å². The molecule has 0 saturated heterocycles. The number of carbonyl (C=O) groups excluding carboxylic acids is 1. The van der Waals surface area contributed by atoms with Crippen LogP contribution in [-0.4, -0.2) is 34.0 Å². The highest BCUT2D eigenvalue weighted by atomic mass is 32.2. The maximum Gasteiger partial charge on any atom is 0.408 e. The van der Waals surface area contributed by atoms with Crippen LogP contribution in [0, 0.1) is 0 Å². The summed E-state index contributed by atoms with van der Waals surface area (Å²) in [6, 6.07) is 15.3. The first kappa shape index (κ1) is 19.9. The smallest absolute Gasteiger partial charge is 0.408 e. The van der Waals surface area contributed by atoms with Crippen molar-refractivity contribution < 1.29 is 22.7 Å². The van der Waals surface area contributed by atoms with E-state index in [9.17, 15) is 13.2 Å². The Labute approximate surface area is 154 Å². The van der Waals surface area contributed by atoms with Gasteiger partial charge < -0.3 is 14.8 Å². The van der Waals surface area contributed by atoms with Crippen molar-refractivity contribution in [3.63, 3.8) is 0 Å². The first-order chi connectivity index (χ1) is 12.5. The van der Waals surface area contributed by atoms with Crippen molar-refractivity contribution in [1.29, 1.82) is 0 Å². The number of carbonyl (C=O) groups is 1. The van der Waals surface area contributed by atoms with Crippen molar-refractivity contribution in [3.8, 4) is 0 Å². The lowest BCUT2D eigenvalue weighted by Gasteiger charge is -2.18. The molecule has 2 rings (SSSR count). The van der Waals surface area contributed by atoms with E-state index in [4.69, 9.17) is 9.47 Å². The van der Waals surface area contributed by atoms with Crippen molar-refractivity contribution in [2.75, 3.05) is 19.5 Å². The van der Waals surface area contributed by atoms with Gasteiger partial charge in [0.25, 0.3) is 0 Å². The Bertz CT molecular complexity index is 804. The lowest BCUT2D eigenvalue weighted by Crippen LogP contribution is -2.31. The van der Waals surface area contributed by atoms with Crippen molar-refractivity contribution in [1.82, 2.24) is 5.32 Å². The lowest BCUT2D eigenvalue weighted by atomic mass is 10.1. The first-order valence-electron chi connectivity index (χ1n) is 8.25. The summed E-state index contributed by atoms with van der Waals surface area (Å²) in [6.45, 7) is 2.00. The van der Waals surface area contributed by atoms with E-state index < -0.39 is 22.0 Å². The molecule has 0 saturated carbocycles. The Hall–Kier alpha value is -2.38. The summed E-state index contributed by atoms with van der Waals surface area (Å²) in [7, 11) is -1.73. The lowest BCUT2D eigenvalue weighted by molar-refractivity contribution is 0.120. The van der Waals surface area contributed by atoms with Crippen molar-refractivity contribution in [2.45, 2.75) is 24.5 Å². The summed E-state index contributed by atoms with van der Waals surface area (Å²) in [5.41, 5.74) is 1.62. The Morgan fingerprint density at radius 2 is 1.73 bits per heavy atom. The van der Waals surface area contributed by atoms with Gasteiger partial charge in [0.15, 0.2) is 9.84 Å². The zero-order valence-corrected chi connectivity index (χ0v) is 15.7. The predicted octanol–water partition coefficient (Wildman–Crippen LogP) is 3.09. The van der Waals surface area contributed by atoms with Crippen molar-refractivity contribution >= 4 is 15.9 Å². The number of benzene rings is 2. The average Bonchev–Trinajstić information content (AvgIpc) is 2.67. The molecule has 7 heteroatoms. The maximum atomic E-state index is 12.1. The molecular formula is C19H23NO5S. The third kappa shape index (κ3) is 5.57. The second kappa shape index (κ2) is 9.35. The summed E-state index contributed by atoms with van der Waals surface area (Å²) >= 11 is 0. The molecule has 6 nitrogen and oxygen atoms in total. The minimum Gasteiger partial charge on any atom is -0.445 e. The number of nitrogens with one attached hydrogen (secondary N) is 1. The average molecular weight is 377 g/mol. The van der Waals surface area contributed by atoms with E-state index >= 15 is 0 Å². The number of hydrogen-bond acceptors (Lipinski definition) is 5. The molecule has 0 bridgehead atoms. The molecule has 0 spiro atoms. The molecular weight excluding hydrogens is 354 g/mol. The van der Waals surface area contributed by atoms with Gasteiger partial charge in [-0.05, 0) is 23.3 Å². The highest BCUT2D eigenvalue weighted by Crippen LogP contribution is 2.18. The molecule has 0 heterocycles. The van der Waals surface area contributed by atoms with E-state index in [0.717, 1.165) is 11.1 Å². The van der Waals surface area contributed by atoms with E-state index in [1.165, 1.54) is 19.2 Å². The molecule has 140 valence electrons. The second-order valence-corrected chi connectivity index (χ2v) is 7.96. The van der Waals surface area contributed by atoms with Gasteiger partial charge in [0.1, 0.15) is 6.61 Å². The monoisotopic (exact) mass is 377 g/mol. The molecule has 0 aromatic heterocycles. The van der Waals surface area contributed by atoms with Crippen LogP contribution in [-0.2, 0) is 25.9 Å². The van der Waals surface area contributed by atoms with Crippen LogP contribution >= 0.6 is 0 Å². The topological polar surface area (TPSA) is 81.7 Å². The minimum absolute atomic E-state index is 0.0396. The molecule has 26 heavy (non-hydrogen) atoms. The van der Waals surface area contributed by atoms with Crippen LogP contribution < -0.4 is 5.32 Å². The molecule has 1 atom stereocenters. The molecule has 0 unspecified atom stereocenters. The molecule has 0 radical (unpaired) electrons. The van der Waals surface area contributed by atoms with Gasteiger partial charge in [-0.15, -0.1) is 0 Å². The molecule has 0 aliphatic rings. The fourth-order valence-corrected chi connectivity index (χ4v) is 3.25. The summed E-state index contributed by atoms with van der Waals surface area (Å²) in [5.74, 6) is 0.0396. The van der Waals surface area contributed by atoms with Gasteiger partial charge in [0.05, 0.1) is 23.3 Å². The molecule has 1 N–H and O–H groups in total. The fourth-order valence-electron chi connectivity index (χ4n) is 2.37. The van der Waals surface area contributed by atoms with E-state index in [2.05, 4.69) is 5.32 Å². The molecule has 0 aliphatic carbocycles. The highest BCUT2D eigenvalue weighted by molar-refractivity contribution is 7.91. The van der Waals surface area contributed by atoms with Crippen LogP contribution in [0.15, 0.2) is 59.5 Å². The normalized spacial score (nSPS) is 12.4. The summed E-state index contributed by atoms with van der Waals surface area (Å²) < 4.78 is 34.2. The number of ether oxygens (including phenoxy) is 2. The van der Waals surface area contributed by atoms with Gasteiger partial charge in [-0.2, -0.15) is 0 Å². The summed E-state index contributed by atoms with van der Waals surface area (Å²) in [4.78, 5) is 12.3. The van der Waals surface area contributed by atoms with Crippen LogP contribution in [0.25, 0.3) is 0 Å². The van der Waals surface area contributed by atoms with Crippen LogP contribution in [0.5, 0.6) is 0 Å². The SMILES string of the molecule is CCS(=O)(=O)c1ccc([C@H](COC)NC(=O)OCc2ccccc2)cc1. The number of amides is 1. The minimum atomic E-state index is -3.26. The van der Waals surface area contributed by atoms with Gasteiger partial charge >= 0.3 is 6.09 Å². The quantitative estimate of drug-likeness (QED) is 0.764. The van der Waals surface area contributed by atoms with Gasteiger partial charge in [-0.3, -0.25) is 0 Å². The zero-order valence-electron chi connectivity index (χ0n) is 14.8. The molecule has 0 aliphatic heterocycles. The zero-order chi connectivity index (χ0) is 19.0. The standard InChI is InChI=1S/C19H23NO5S/c1-3-26(22,23)17-11-9-16(10-12-17)18(14-24-2)20-19(21)25-13-15-7-5-4-6-8-15/h4-12,18H,3,13-14H2,1-2H3,(H,20,21)/t18-/m0/s1. The van der Waals surface area contributed by atoms with Gasteiger partial charge in [0, 0.05) is 7.11 Å². The highest BCUT2D eigenvalue weighted by Gasteiger charge is 2.17. The Balaban J connectivity index is 2.02. The van der Waals surface area contributed by atoms with Crippen LogP contribution in [0.4, 0.5) is 4.79 Å². The van der Waals surface area contributed by atoms with Gasteiger partial charge in [0.2, 0.25) is 0 Å². The molecule has 2 aromatic rings. The van der Waals surface area contributed by atoms with E-state index in [1.54, 1.807) is 19.1 Å². The number of rotatable bonds is 8. The largest absolute Gasteiger partial charge is 0.445 e. The third-order valence-electron chi connectivity index (χ3n) is 3.86. The first-order valence-corrected chi connectivity index (χ1v) is 9.90. The van der Waals surface area contributed by atoms with E-state index in [0.29, 0.717) is 0 Å². The maximum absolute atomic E-state index is 12.1. The number of methoxy groups -OCH3 is 1. The van der Waals surface area contributed by atoms with Crippen molar-refractivity contribution in [2.24, 2.45) is 0 Å². The molecule has 2 aromatic carbocycles. The Kier molecular flexibility index (Phi) is 7.17. The number of sulfone groups is 1. The Morgan fingerprint density at radius 1 is 1.08 bits per heavy atom. The molecule has 1 amide bonds. The van der Waals surface area contributed by atoms with Crippen molar-refractivity contribution in [3.05, 3.63) is 65.7 Å². The van der Waals surface area contributed by atoms with Crippen LogP contribution in [0.3, 0.4) is 0 Å². The van der Waals surface area contributed by atoms with E-state index in [1.807, 2.05) is 30.3 Å². The van der Waals surface area contributed by atoms with Gasteiger partial charge in [-0.25, -0.2) is 13.2 Å². The van der Waals surface area contributed by atoms with Crippen LogP contribution in [0.1, 0.15) is 24.1 Å². The number of hydrogen-bond donors (Lipinski definition) is 1. The predicted molar refractivity (Wildman–Crippen MR) is 98.5 cm³/mol.